The molecule has 0 aliphatic rings. The van der Waals surface area contributed by atoms with Crippen molar-refractivity contribution in [2.24, 2.45) is 5.84 Å². The zero-order valence-corrected chi connectivity index (χ0v) is 44.1. The van der Waals surface area contributed by atoms with Crippen LogP contribution in [0.4, 0.5) is 11.4 Å². The van der Waals surface area contributed by atoms with Gasteiger partial charge >= 0.3 is 0 Å². The SMILES string of the molecule is C=C(/C=C(\C=C/C)c1ccc2c(c1)c1ccccc1n2-c1ccccc1)c1ccccc1Nc1cccc(C)c1.C=CC.CC(C)c1cccc(-c2ccccc2)c1.NN/C(=C\Cc1ccccc1)c1ccccc1. The molecule has 0 atom stereocenters. The van der Waals surface area contributed by atoms with Crippen molar-refractivity contribution >= 4 is 50.0 Å². The minimum Gasteiger partial charge on any atom is -0.355 e. The summed E-state index contributed by atoms with van der Waals surface area (Å²) in [4.78, 5) is 0. The normalized spacial score (nSPS) is 11.2. The predicted octanol–water partition coefficient (Wildman–Crippen LogP) is 18.9. The summed E-state index contributed by atoms with van der Waals surface area (Å²) >= 11 is 0. The third-order valence-corrected chi connectivity index (χ3v) is 12.6. The van der Waals surface area contributed by atoms with Crippen molar-refractivity contribution in [3.8, 4) is 16.8 Å². The van der Waals surface area contributed by atoms with Crippen LogP contribution < -0.4 is 16.6 Å². The molecule has 4 nitrogen and oxygen atoms in total. The molecule has 75 heavy (non-hydrogen) atoms. The Morgan fingerprint density at radius 3 is 1.87 bits per heavy atom. The Bertz CT molecular complexity index is 3490. The molecule has 0 radical (unpaired) electrons. The Morgan fingerprint density at radius 1 is 0.587 bits per heavy atom. The highest BCUT2D eigenvalue weighted by Crippen LogP contribution is 2.36. The first kappa shape index (κ1) is 53.8. The fraction of sp³-hybridized carbons (Fsp3) is 0.0986. The Labute approximate surface area is 446 Å². The van der Waals surface area contributed by atoms with Gasteiger partial charge in [-0.25, -0.2) is 0 Å². The number of aromatic nitrogens is 1. The average Bonchev–Trinajstić information content (AvgIpc) is 3.80. The molecule has 9 aromatic carbocycles. The molecule has 4 heteroatoms. The second-order valence-corrected chi connectivity index (χ2v) is 18.5. The molecule has 0 aliphatic carbocycles. The van der Waals surface area contributed by atoms with E-state index in [0.717, 1.165) is 57.0 Å². The Hall–Kier alpha value is -8.96. The number of hydrogen-bond donors (Lipinski definition) is 3. The van der Waals surface area contributed by atoms with Gasteiger partial charge in [-0.3, -0.25) is 5.84 Å². The van der Waals surface area contributed by atoms with E-state index in [-0.39, 0.29) is 0 Å². The number of allylic oxidation sites excluding steroid dienone is 7. The van der Waals surface area contributed by atoms with Crippen LogP contribution in [0.25, 0.3) is 55.5 Å². The number of nitrogens with zero attached hydrogens (tertiary/aromatic N) is 1. The van der Waals surface area contributed by atoms with Crippen molar-refractivity contribution in [1.82, 2.24) is 9.99 Å². The van der Waals surface area contributed by atoms with E-state index in [1.54, 1.807) is 6.08 Å². The fourth-order valence-corrected chi connectivity index (χ4v) is 8.85. The largest absolute Gasteiger partial charge is 0.355 e. The van der Waals surface area contributed by atoms with Crippen molar-refractivity contribution < 1.29 is 0 Å². The molecule has 0 saturated carbocycles. The van der Waals surface area contributed by atoms with Crippen molar-refractivity contribution in [3.05, 3.63) is 314 Å². The summed E-state index contributed by atoms with van der Waals surface area (Å²) in [5.74, 6) is 6.14. The minimum atomic E-state index is 0.591. The van der Waals surface area contributed by atoms with Crippen LogP contribution in [0, 0.1) is 6.92 Å². The quantitative estimate of drug-likeness (QED) is 0.0467. The zero-order valence-electron chi connectivity index (χ0n) is 44.1. The number of rotatable bonds is 13. The van der Waals surface area contributed by atoms with Crippen LogP contribution in [0.3, 0.4) is 0 Å². The second kappa shape index (κ2) is 27.8. The molecule has 0 saturated heterocycles. The lowest BCUT2D eigenvalue weighted by Crippen LogP contribution is -2.20. The van der Waals surface area contributed by atoms with Crippen LogP contribution >= 0.6 is 0 Å². The van der Waals surface area contributed by atoms with Gasteiger partial charge in [0.05, 0.1) is 16.7 Å². The number of benzene rings is 9. The van der Waals surface area contributed by atoms with E-state index in [2.05, 4.69) is 269 Å². The summed E-state index contributed by atoms with van der Waals surface area (Å²) < 4.78 is 2.35. The highest BCUT2D eigenvalue weighted by atomic mass is 15.2. The lowest BCUT2D eigenvalue weighted by Gasteiger charge is -2.14. The van der Waals surface area contributed by atoms with Gasteiger partial charge in [-0.15, -0.1) is 6.58 Å². The van der Waals surface area contributed by atoms with Crippen molar-refractivity contribution in [3.63, 3.8) is 0 Å². The molecule has 1 aromatic heterocycles. The first-order chi connectivity index (χ1) is 36.7. The molecule has 374 valence electrons. The number of anilines is 2. The Morgan fingerprint density at radius 2 is 1.19 bits per heavy atom. The Balaban J connectivity index is 0.000000191. The summed E-state index contributed by atoms with van der Waals surface area (Å²) in [7, 11) is 0. The summed E-state index contributed by atoms with van der Waals surface area (Å²) in [5.41, 5.74) is 21.3. The van der Waals surface area contributed by atoms with Gasteiger partial charge in [0.15, 0.2) is 0 Å². The first-order valence-corrected chi connectivity index (χ1v) is 25.7. The third kappa shape index (κ3) is 14.8. The summed E-state index contributed by atoms with van der Waals surface area (Å²) in [5, 5.41) is 6.07. The maximum Gasteiger partial charge on any atom is 0.0541 e. The van der Waals surface area contributed by atoms with Gasteiger partial charge in [0, 0.05) is 33.4 Å². The van der Waals surface area contributed by atoms with E-state index in [4.69, 9.17) is 5.84 Å². The maximum atomic E-state index is 5.55. The van der Waals surface area contributed by atoms with E-state index in [1.165, 1.54) is 49.6 Å². The maximum absolute atomic E-state index is 5.55. The van der Waals surface area contributed by atoms with Gasteiger partial charge in [0.25, 0.3) is 0 Å². The van der Waals surface area contributed by atoms with Gasteiger partial charge in [-0.05, 0) is 138 Å². The molecule has 0 aliphatic heterocycles. The topological polar surface area (TPSA) is 55.0 Å². The average molecular weight is 979 g/mol. The number of nitrogens with two attached hydrogens (primary N) is 1. The molecule has 0 spiro atoms. The molecule has 10 rings (SSSR count). The standard InChI is InChI=1S/C38H32N2.C15H16N2.C15H16.C3H6/c1-4-13-29(25-28(3)33-18-8-10-20-36(33)39-31-15-12-14-27(2)24-31)30-22-23-38-35(26-30)34-19-9-11-21-37(34)40(38)32-16-6-5-7-17-32;16-17-15(14-9-5-2-6-10-14)12-11-13-7-3-1-4-8-13;1-12(2)14-9-6-10-15(11-14)13-7-4-3-5-8-13;1-3-2/h4-26,39H,3H2,1-2H3;1-10,12,17H,11,16H2;3-12H,1-2H3;3H,1H2,2H3/b13-4-,29-25+;15-12-;;. The molecule has 1 heterocycles. The third-order valence-electron chi connectivity index (χ3n) is 12.6. The van der Waals surface area contributed by atoms with Gasteiger partial charge in [0.1, 0.15) is 0 Å². The fourth-order valence-electron chi connectivity index (χ4n) is 8.85. The van der Waals surface area contributed by atoms with Crippen LogP contribution in [-0.4, -0.2) is 4.57 Å². The molecule has 0 bridgehead atoms. The molecular weight excluding hydrogens is 909 g/mol. The van der Waals surface area contributed by atoms with Gasteiger partial charge in [-0.2, -0.15) is 0 Å². The smallest absolute Gasteiger partial charge is 0.0541 e. The highest BCUT2D eigenvalue weighted by molar-refractivity contribution is 6.10. The van der Waals surface area contributed by atoms with E-state index >= 15 is 0 Å². The van der Waals surface area contributed by atoms with Crippen molar-refractivity contribution in [2.75, 3.05) is 5.32 Å². The second-order valence-electron chi connectivity index (χ2n) is 18.5. The van der Waals surface area contributed by atoms with Crippen LogP contribution in [0.5, 0.6) is 0 Å². The summed E-state index contributed by atoms with van der Waals surface area (Å²) in [6.07, 6.45) is 11.2. The number of fused-ring (bicyclic) bond motifs is 3. The summed E-state index contributed by atoms with van der Waals surface area (Å²) in [6.45, 7) is 18.4. The molecule has 0 fully saturated rings. The van der Waals surface area contributed by atoms with Crippen LogP contribution in [0.15, 0.2) is 280 Å². The minimum absolute atomic E-state index is 0.591. The molecule has 4 N–H and O–H groups in total. The number of hydrogen-bond acceptors (Lipinski definition) is 3. The number of aryl methyl sites for hydroxylation is 1. The number of hydrazine groups is 1. The van der Waals surface area contributed by atoms with Crippen LogP contribution in [0.2, 0.25) is 0 Å². The number of nitrogens with one attached hydrogen (secondary N) is 2. The van der Waals surface area contributed by atoms with Gasteiger partial charge < -0.3 is 15.3 Å². The van der Waals surface area contributed by atoms with E-state index < -0.39 is 0 Å². The van der Waals surface area contributed by atoms with Crippen molar-refractivity contribution in [1.29, 1.82) is 0 Å². The molecule has 10 aromatic rings. The lowest BCUT2D eigenvalue weighted by molar-refractivity contribution is 0.867. The molecule has 0 amide bonds. The van der Waals surface area contributed by atoms with E-state index in [0.29, 0.717) is 5.92 Å². The highest BCUT2D eigenvalue weighted by Gasteiger charge is 2.14. The van der Waals surface area contributed by atoms with E-state index in [9.17, 15) is 0 Å². The molecule has 0 unspecified atom stereocenters. The van der Waals surface area contributed by atoms with Crippen LogP contribution in [-0.2, 0) is 6.42 Å². The Kier molecular flexibility index (Phi) is 19.9. The summed E-state index contributed by atoms with van der Waals surface area (Å²) in [6, 6.07) is 82.5. The monoisotopic (exact) mass is 979 g/mol. The first-order valence-electron chi connectivity index (χ1n) is 25.7. The van der Waals surface area contributed by atoms with E-state index in [1.807, 2.05) is 55.5 Å². The predicted molar refractivity (Wildman–Crippen MR) is 327 cm³/mol. The number of para-hydroxylation sites is 3. The van der Waals surface area contributed by atoms with Gasteiger partial charge in [0.2, 0.25) is 0 Å². The van der Waals surface area contributed by atoms with Gasteiger partial charge in [-0.1, -0.05) is 233 Å². The molecular formula is C71H70N4. The van der Waals surface area contributed by atoms with Crippen molar-refractivity contribution in [2.45, 2.75) is 47.0 Å². The van der Waals surface area contributed by atoms with Crippen LogP contribution in [0.1, 0.15) is 67.0 Å². The lowest BCUT2D eigenvalue weighted by atomic mass is 9.97. The zero-order chi connectivity index (χ0) is 52.8.